The molecule has 0 aliphatic heterocycles. The Morgan fingerprint density at radius 3 is 2.62 bits per heavy atom. The first kappa shape index (κ1) is 22.9. The number of methoxy groups -OCH3 is 1. The second-order valence-electron chi connectivity index (χ2n) is 6.96. The van der Waals surface area contributed by atoms with Crippen LogP contribution in [0.2, 0.25) is 5.02 Å². The van der Waals surface area contributed by atoms with Gasteiger partial charge in [0.1, 0.15) is 18.2 Å². The number of halogens is 1. The van der Waals surface area contributed by atoms with Crippen molar-refractivity contribution in [3.8, 4) is 17.6 Å². The fourth-order valence-corrected chi connectivity index (χ4v) is 3.35. The van der Waals surface area contributed by atoms with Crippen LogP contribution in [0.1, 0.15) is 23.6 Å². The molecule has 3 aromatic rings. The normalized spacial score (nSPS) is 10.9. The average molecular weight is 447 g/mol. The Kier molecular flexibility index (Phi) is 7.91. The highest BCUT2D eigenvalue weighted by Gasteiger charge is 2.13. The van der Waals surface area contributed by atoms with Gasteiger partial charge in [0, 0.05) is 10.7 Å². The van der Waals surface area contributed by atoms with Crippen LogP contribution in [-0.4, -0.2) is 13.0 Å². The minimum absolute atomic E-state index is 0.00875. The van der Waals surface area contributed by atoms with Crippen LogP contribution in [-0.2, 0) is 17.8 Å². The first-order chi connectivity index (χ1) is 15.5. The molecular weight excluding hydrogens is 424 g/mol. The molecule has 0 unspecified atom stereocenters. The number of amides is 1. The Labute approximate surface area is 192 Å². The molecule has 6 heteroatoms. The zero-order chi connectivity index (χ0) is 22.9. The Hall–Kier alpha value is -3.75. The maximum atomic E-state index is 12.7. The summed E-state index contributed by atoms with van der Waals surface area (Å²) in [6.07, 6.45) is 2.29. The number of para-hydroxylation sites is 1. The molecule has 0 aliphatic rings. The van der Waals surface area contributed by atoms with Crippen molar-refractivity contribution in [2.24, 2.45) is 0 Å². The molecule has 0 radical (unpaired) electrons. The fourth-order valence-electron chi connectivity index (χ4n) is 3.14. The summed E-state index contributed by atoms with van der Waals surface area (Å²) in [4.78, 5) is 12.7. The summed E-state index contributed by atoms with van der Waals surface area (Å²) in [5.41, 5.74) is 3.27. The van der Waals surface area contributed by atoms with Crippen LogP contribution in [0.15, 0.2) is 72.3 Å². The summed E-state index contributed by atoms with van der Waals surface area (Å²) in [5.74, 6) is 0.577. The fraction of sp³-hybridized carbons (Fsp3) is 0.154. The van der Waals surface area contributed by atoms with E-state index in [0.29, 0.717) is 34.4 Å². The molecule has 5 nitrogen and oxygen atoms in total. The number of anilines is 1. The molecule has 0 bridgehead atoms. The summed E-state index contributed by atoms with van der Waals surface area (Å²) < 4.78 is 11.3. The van der Waals surface area contributed by atoms with Gasteiger partial charge in [-0.1, -0.05) is 54.9 Å². The van der Waals surface area contributed by atoms with Crippen molar-refractivity contribution in [1.82, 2.24) is 0 Å². The van der Waals surface area contributed by atoms with Crippen LogP contribution < -0.4 is 14.8 Å². The van der Waals surface area contributed by atoms with Crippen LogP contribution in [0.5, 0.6) is 11.5 Å². The number of carbonyl (C=O) groups is 1. The topological polar surface area (TPSA) is 71.4 Å². The van der Waals surface area contributed by atoms with Crippen molar-refractivity contribution in [3.63, 3.8) is 0 Å². The van der Waals surface area contributed by atoms with Crippen molar-refractivity contribution in [1.29, 1.82) is 5.26 Å². The van der Waals surface area contributed by atoms with E-state index >= 15 is 0 Å². The highest BCUT2D eigenvalue weighted by Crippen LogP contribution is 2.30. The highest BCUT2D eigenvalue weighted by molar-refractivity contribution is 6.30. The predicted molar refractivity (Wildman–Crippen MR) is 127 cm³/mol. The van der Waals surface area contributed by atoms with E-state index in [2.05, 4.69) is 5.32 Å². The summed E-state index contributed by atoms with van der Waals surface area (Å²) >= 11 is 6.02. The van der Waals surface area contributed by atoms with Crippen molar-refractivity contribution in [2.75, 3.05) is 12.4 Å². The van der Waals surface area contributed by atoms with E-state index < -0.39 is 5.91 Å². The molecule has 0 aromatic heterocycles. The summed E-state index contributed by atoms with van der Waals surface area (Å²) in [6.45, 7) is 2.34. The van der Waals surface area contributed by atoms with E-state index in [9.17, 15) is 10.1 Å². The molecule has 1 amide bonds. The second-order valence-corrected chi connectivity index (χ2v) is 7.40. The molecule has 0 saturated heterocycles. The number of nitriles is 1. The maximum Gasteiger partial charge on any atom is 0.266 e. The van der Waals surface area contributed by atoms with Crippen LogP contribution in [0.25, 0.3) is 6.08 Å². The lowest BCUT2D eigenvalue weighted by Gasteiger charge is -2.12. The Balaban J connectivity index is 1.77. The molecule has 0 atom stereocenters. The van der Waals surface area contributed by atoms with Gasteiger partial charge in [-0.25, -0.2) is 0 Å². The van der Waals surface area contributed by atoms with Gasteiger partial charge >= 0.3 is 0 Å². The molecule has 32 heavy (non-hydrogen) atoms. The van der Waals surface area contributed by atoms with Gasteiger partial charge in [0.15, 0.2) is 11.5 Å². The number of carbonyl (C=O) groups excluding carboxylic acids is 1. The summed E-state index contributed by atoms with van der Waals surface area (Å²) in [6, 6.07) is 22.1. The summed E-state index contributed by atoms with van der Waals surface area (Å²) in [7, 11) is 1.54. The van der Waals surface area contributed by atoms with Crippen molar-refractivity contribution in [2.45, 2.75) is 20.0 Å². The third-order valence-corrected chi connectivity index (χ3v) is 5.03. The standard InChI is InChI=1S/C26H23ClN2O3/c1-3-20-8-4-5-10-23(20)29-26(30)21(16-28)13-18-11-12-24(25(15-18)31-2)32-17-19-7-6-9-22(27)14-19/h4-15H,3,17H2,1-2H3,(H,29,30)/b21-13+. The number of benzene rings is 3. The van der Waals surface area contributed by atoms with E-state index in [1.807, 2.05) is 55.5 Å². The molecular formula is C26H23ClN2O3. The number of hydrogen-bond donors (Lipinski definition) is 1. The number of hydrogen-bond acceptors (Lipinski definition) is 4. The third-order valence-electron chi connectivity index (χ3n) is 4.79. The van der Waals surface area contributed by atoms with Crippen LogP contribution in [0.3, 0.4) is 0 Å². The number of ether oxygens (including phenoxy) is 2. The Morgan fingerprint density at radius 1 is 1.09 bits per heavy atom. The molecule has 162 valence electrons. The van der Waals surface area contributed by atoms with E-state index in [-0.39, 0.29) is 5.57 Å². The molecule has 3 rings (SSSR count). The minimum Gasteiger partial charge on any atom is -0.493 e. The van der Waals surface area contributed by atoms with E-state index in [1.54, 1.807) is 24.3 Å². The summed E-state index contributed by atoms with van der Waals surface area (Å²) in [5, 5.41) is 13.0. The predicted octanol–water partition coefficient (Wildman–Crippen LogP) is 6.04. The monoisotopic (exact) mass is 446 g/mol. The smallest absolute Gasteiger partial charge is 0.266 e. The quantitative estimate of drug-likeness (QED) is 0.338. The Bertz CT molecular complexity index is 1180. The molecule has 0 fully saturated rings. The van der Waals surface area contributed by atoms with Crippen LogP contribution in [0, 0.1) is 11.3 Å². The Morgan fingerprint density at radius 2 is 1.91 bits per heavy atom. The number of nitrogens with zero attached hydrogens (tertiary/aromatic N) is 1. The van der Waals surface area contributed by atoms with Crippen molar-refractivity contribution in [3.05, 3.63) is 94.0 Å². The SMILES string of the molecule is CCc1ccccc1NC(=O)/C(C#N)=C/c1ccc(OCc2cccc(Cl)c2)c(OC)c1. The van der Waals surface area contributed by atoms with Gasteiger partial charge in [-0.15, -0.1) is 0 Å². The molecule has 0 heterocycles. The number of aryl methyl sites for hydroxylation is 1. The molecule has 3 aromatic carbocycles. The maximum absolute atomic E-state index is 12.7. The number of rotatable bonds is 8. The first-order valence-corrected chi connectivity index (χ1v) is 10.5. The molecule has 0 spiro atoms. The zero-order valence-corrected chi connectivity index (χ0v) is 18.6. The lowest BCUT2D eigenvalue weighted by atomic mass is 10.1. The van der Waals surface area contributed by atoms with Crippen molar-refractivity contribution >= 4 is 29.3 Å². The van der Waals surface area contributed by atoms with Gasteiger partial charge in [-0.3, -0.25) is 4.79 Å². The van der Waals surface area contributed by atoms with Crippen LogP contribution >= 0.6 is 11.6 Å². The van der Waals surface area contributed by atoms with Gasteiger partial charge < -0.3 is 14.8 Å². The van der Waals surface area contributed by atoms with Crippen LogP contribution in [0.4, 0.5) is 5.69 Å². The van der Waals surface area contributed by atoms with E-state index in [1.165, 1.54) is 13.2 Å². The minimum atomic E-state index is -0.464. The lowest BCUT2D eigenvalue weighted by Crippen LogP contribution is -2.14. The second kappa shape index (κ2) is 11.0. The van der Waals surface area contributed by atoms with Gasteiger partial charge in [0.05, 0.1) is 7.11 Å². The first-order valence-electron chi connectivity index (χ1n) is 10.1. The van der Waals surface area contributed by atoms with Gasteiger partial charge in [-0.05, 0) is 59.5 Å². The molecule has 0 aliphatic carbocycles. The van der Waals surface area contributed by atoms with Gasteiger partial charge in [0.2, 0.25) is 0 Å². The molecule has 0 saturated carbocycles. The highest BCUT2D eigenvalue weighted by atomic mass is 35.5. The largest absolute Gasteiger partial charge is 0.493 e. The lowest BCUT2D eigenvalue weighted by molar-refractivity contribution is -0.112. The van der Waals surface area contributed by atoms with E-state index in [0.717, 1.165) is 17.5 Å². The van der Waals surface area contributed by atoms with Gasteiger partial charge in [0.25, 0.3) is 5.91 Å². The zero-order valence-electron chi connectivity index (χ0n) is 17.9. The number of nitrogens with one attached hydrogen (secondary N) is 1. The molecule has 1 N–H and O–H groups in total. The average Bonchev–Trinajstić information content (AvgIpc) is 2.81. The van der Waals surface area contributed by atoms with Crippen molar-refractivity contribution < 1.29 is 14.3 Å². The van der Waals surface area contributed by atoms with Gasteiger partial charge in [-0.2, -0.15) is 5.26 Å². The van der Waals surface area contributed by atoms with E-state index in [4.69, 9.17) is 21.1 Å². The third kappa shape index (κ3) is 5.90.